The Balaban J connectivity index is 1.29. The largest absolute Gasteiger partial charge is 0.466 e. The predicted molar refractivity (Wildman–Crippen MR) is 186 cm³/mol. The van der Waals surface area contributed by atoms with Crippen LogP contribution in [0.2, 0.25) is 0 Å². The number of hydrogen-bond donors (Lipinski definition) is 1. The molecule has 2 unspecified atom stereocenters. The van der Waals surface area contributed by atoms with Crippen molar-refractivity contribution in [3.8, 4) is 11.3 Å². The monoisotopic (exact) mass is 658 g/mol. The molecule has 0 radical (unpaired) electrons. The van der Waals surface area contributed by atoms with Crippen molar-refractivity contribution in [2.45, 2.75) is 59.1 Å². The highest BCUT2D eigenvalue weighted by Gasteiger charge is 2.32. The van der Waals surface area contributed by atoms with Crippen LogP contribution in [0.3, 0.4) is 0 Å². The molecule has 0 bridgehead atoms. The van der Waals surface area contributed by atoms with E-state index in [0.29, 0.717) is 52.4 Å². The zero-order valence-electron chi connectivity index (χ0n) is 28.2. The Kier molecular flexibility index (Phi) is 11.2. The standard InChI is InChI=1S/C40H45F3N2O3/c1-6-20-45(21-12-13-26(3)37(29-14-9-8-10-15-29)28(5)47-35(7-2)32-24-44-25-32)39(46)31-17-11-16-30(22-31)38-27(4)34-23-33(40(41,42)43)18-19-36(34)48-38/h7-11,14-19,22-23,26,32,37,44H,5-6,12-13,20-21,24-25H2,1-4H3/b35-7+. The number of rotatable bonds is 14. The van der Waals surface area contributed by atoms with Gasteiger partial charge in [-0.2, -0.15) is 13.2 Å². The van der Waals surface area contributed by atoms with E-state index < -0.39 is 11.7 Å². The summed E-state index contributed by atoms with van der Waals surface area (Å²) in [5, 5.41) is 3.71. The lowest BCUT2D eigenvalue weighted by atomic mass is 9.83. The Morgan fingerprint density at radius 2 is 1.83 bits per heavy atom. The molecule has 0 aliphatic carbocycles. The van der Waals surface area contributed by atoms with Gasteiger partial charge in [0.05, 0.1) is 5.56 Å². The maximum absolute atomic E-state index is 13.8. The van der Waals surface area contributed by atoms with Gasteiger partial charge in [-0.1, -0.05) is 62.9 Å². The molecule has 5 nitrogen and oxygen atoms in total. The van der Waals surface area contributed by atoms with Gasteiger partial charge in [0.1, 0.15) is 22.9 Å². The molecule has 1 aromatic heterocycles. The first-order valence-electron chi connectivity index (χ1n) is 16.8. The lowest BCUT2D eigenvalue weighted by Crippen LogP contribution is -2.43. The number of carbonyl (C=O) groups excluding carboxylic acids is 1. The molecule has 1 aliphatic rings. The van der Waals surface area contributed by atoms with Gasteiger partial charge in [-0.25, -0.2) is 0 Å². The summed E-state index contributed by atoms with van der Waals surface area (Å²) in [5.74, 6) is 2.65. The smallest absolute Gasteiger partial charge is 0.416 e. The molecule has 1 N–H and O–H groups in total. The number of benzene rings is 3. The van der Waals surface area contributed by atoms with Crippen LogP contribution in [0.25, 0.3) is 22.3 Å². The lowest BCUT2D eigenvalue weighted by Gasteiger charge is -2.33. The van der Waals surface area contributed by atoms with E-state index in [0.717, 1.165) is 61.6 Å². The fraction of sp³-hybridized carbons (Fsp3) is 0.375. The first-order chi connectivity index (χ1) is 23.0. The molecule has 8 heteroatoms. The van der Waals surface area contributed by atoms with Gasteiger partial charge in [0, 0.05) is 60.1 Å². The van der Waals surface area contributed by atoms with Gasteiger partial charge in [0.25, 0.3) is 5.91 Å². The average molecular weight is 659 g/mol. The summed E-state index contributed by atoms with van der Waals surface area (Å²) >= 11 is 0. The van der Waals surface area contributed by atoms with Crippen LogP contribution in [0.5, 0.6) is 0 Å². The van der Waals surface area contributed by atoms with Gasteiger partial charge >= 0.3 is 6.18 Å². The number of allylic oxidation sites excluding steroid dienone is 2. The van der Waals surface area contributed by atoms with Gasteiger partial charge in [-0.05, 0) is 81.0 Å². The number of furan rings is 1. The summed E-state index contributed by atoms with van der Waals surface area (Å²) in [6.45, 7) is 15.4. The van der Waals surface area contributed by atoms with Crippen molar-refractivity contribution in [1.29, 1.82) is 0 Å². The number of hydrogen-bond acceptors (Lipinski definition) is 4. The Morgan fingerprint density at radius 3 is 2.48 bits per heavy atom. The van der Waals surface area contributed by atoms with Crippen LogP contribution in [0, 0.1) is 18.8 Å². The summed E-state index contributed by atoms with van der Waals surface area (Å²) in [6.07, 6.45) is 0.0647. The van der Waals surface area contributed by atoms with Crippen molar-refractivity contribution in [3.05, 3.63) is 119 Å². The van der Waals surface area contributed by atoms with Gasteiger partial charge < -0.3 is 19.4 Å². The molecular formula is C40H45F3N2O3. The number of carbonyl (C=O) groups is 1. The van der Waals surface area contributed by atoms with Crippen LogP contribution in [-0.4, -0.2) is 37.0 Å². The molecule has 254 valence electrons. The second kappa shape index (κ2) is 15.3. The molecule has 2 atom stereocenters. The highest BCUT2D eigenvalue weighted by Crippen LogP contribution is 2.39. The molecule has 0 saturated carbocycles. The van der Waals surface area contributed by atoms with Gasteiger partial charge in [-0.15, -0.1) is 0 Å². The van der Waals surface area contributed by atoms with E-state index in [9.17, 15) is 18.0 Å². The molecule has 3 aromatic carbocycles. The van der Waals surface area contributed by atoms with Crippen LogP contribution < -0.4 is 5.32 Å². The first-order valence-corrected chi connectivity index (χ1v) is 16.8. The summed E-state index contributed by atoms with van der Waals surface area (Å²) in [4.78, 5) is 15.7. The van der Waals surface area contributed by atoms with E-state index in [2.05, 4.69) is 37.9 Å². The van der Waals surface area contributed by atoms with E-state index in [-0.39, 0.29) is 17.7 Å². The minimum Gasteiger partial charge on any atom is -0.466 e. The summed E-state index contributed by atoms with van der Waals surface area (Å²) < 4.78 is 52.5. The zero-order valence-corrected chi connectivity index (χ0v) is 28.2. The van der Waals surface area contributed by atoms with Crippen LogP contribution in [-0.2, 0) is 10.9 Å². The first kappa shape index (κ1) is 35.0. The number of nitrogens with zero attached hydrogens (tertiary/aromatic N) is 1. The van der Waals surface area contributed by atoms with Crippen molar-refractivity contribution < 1.29 is 27.1 Å². The minimum absolute atomic E-state index is 0.000420. The van der Waals surface area contributed by atoms with Crippen molar-refractivity contribution in [1.82, 2.24) is 10.2 Å². The van der Waals surface area contributed by atoms with Crippen molar-refractivity contribution >= 4 is 16.9 Å². The fourth-order valence-electron chi connectivity index (χ4n) is 6.58. The second-order valence-electron chi connectivity index (χ2n) is 12.8. The normalized spacial score (nSPS) is 15.2. The number of ether oxygens (including phenoxy) is 1. The molecule has 1 aliphatic heterocycles. The Hall–Kier alpha value is -4.30. The molecule has 2 heterocycles. The van der Waals surface area contributed by atoms with E-state index in [4.69, 9.17) is 9.15 Å². The highest BCUT2D eigenvalue weighted by molar-refractivity contribution is 5.96. The number of aryl methyl sites for hydroxylation is 1. The van der Waals surface area contributed by atoms with E-state index in [1.54, 1.807) is 25.1 Å². The third-order valence-corrected chi connectivity index (χ3v) is 9.30. The SMILES string of the molecule is C=C(O/C(=C/C)C1CNC1)C(c1ccccc1)C(C)CCCN(CCC)C(=O)c1cccc(-c2oc3ccc(C(F)(F)F)cc3c2C)c1. The summed E-state index contributed by atoms with van der Waals surface area (Å²) in [5.41, 5.74) is 2.57. The third-order valence-electron chi connectivity index (χ3n) is 9.30. The summed E-state index contributed by atoms with van der Waals surface area (Å²) in [7, 11) is 0. The topological polar surface area (TPSA) is 54.7 Å². The van der Waals surface area contributed by atoms with Crippen LogP contribution in [0.15, 0.2) is 101 Å². The van der Waals surface area contributed by atoms with Crippen molar-refractivity contribution in [2.75, 3.05) is 26.2 Å². The van der Waals surface area contributed by atoms with E-state index >= 15 is 0 Å². The number of amides is 1. The van der Waals surface area contributed by atoms with Crippen molar-refractivity contribution in [2.24, 2.45) is 11.8 Å². The summed E-state index contributed by atoms with van der Waals surface area (Å²) in [6, 6.07) is 21.0. The molecule has 5 rings (SSSR count). The molecule has 1 fully saturated rings. The molecule has 1 saturated heterocycles. The number of alkyl halides is 3. The second-order valence-corrected chi connectivity index (χ2v) is 12.8. The number of halogens is 3. The quantitative estimate of drug-likeness (QED) is 0.137. The van der Waals surface area contributed by atoms with E-state index in [1.807, 2.05) is 42.2 Å². The molecule has 4 aromatic rings. The van der Waals surface area contributed by atoms with Gasteiger partial charge in [-0.3, -0.25) is 4.79 Å². The maximum Gasteiger partial charge on any atom is 0.416 e. The Labute approximate surface area is 281 Å². The third kappa shape index (κ3) is 7.87. The average Bonchev–Trinajstić information content (AvgIpc) is 3.38. The minimum atomic E-state index is -4.45. The van der Waals surface area contributed by atoms with Crippen LogP contribution >= 0.6 is 0 Å². The predicted octanol–water partition coefficient (Wildman–Crippen LogP) is 10.1. The van der Waals surface area contributed by atoms with Crippen LogP contribution in [0.4, 0.5) is 13.2 Å². The van der Waals surface area contributed by atoms with E-state index in [1.165, 1.54) is 6.07 Å². The van der Waals surface area contributed by atoms with Gasteiger partial charge in [0.2, 0.25) is 0 Å². The maximum atomic E-state index is 13.8. The lowest BCUT2D eigenvalue weighted by molar-refractivity contribution is -0.137. The molecule has 1 amide bonds. The number of nitrogens with one attached hydrogen (secondary N) is 1. The van der Waals surface area contributed by atoms with Crippen molar-refractivity contribution in [3.63, 3.8) is 0 Å². The fourth-order valence-corrected chi connectivity index (χ4v) is 6.58. The molecule has 48 heavy (non-hydrogen) atoms. The Morgan fingerprint density at radius 1 is 1.08 bits per heavy atom. The van der Waals surface area contributed by atoms with Crippen LogP contribution in [0.1, 0.15) is 73.0 Å². The molecule has 0 spiro atoms. The zero-order chi connectivity index (χ0) is 34.4. The molecular weight excluding hydrogens is 613 g/mol. The number of fused-ring (bicyclic) bond motifs is 1. The Bertz CT molecular complexity index is 1750. The van der Waals surface area contributed by atoms with Gasteiger partial charge in [0.15, 0.2) is 0 Å². The highest BCUT2D eigenvalue weighted by atomic mass is 19.4.